The molecule has 0 saturated heterocycles. The van der Waals surface area contributed by atoms with Crippen LogP contribution in [0, 0.1) is 5.92 Å². The van der Waals surface area contributed by atoms with Crippen LogP contribution in [0.4, 0.5) is 5.69 Å². The van der Waals surface area contributed by atoms with Crippen molar-refractivity contribution in [3.8, 4) is 5.75 Å². The molecule has 0 amide bonds. The van der Waals surface area contributed by atoms with E-state index in [9.17, 15) is 0 Å². The summed E-state index contributed by atoms with van der Waals surface area (Å²) in [5.41, 5.74) is 6.33. The molecule has 1 aromatic rings. The summed E-state index contributed by atoms with van der Waals surface area (Å²) in [6, 6.07) is 3.45. The van der Waals surface area contributed by atoms with Crippen molar-refractivity contribution in [1.29, 1.82) is 0 Å². The Hall–Kier alpha value is -0.640. The highest BCUT2D eigenvalue weighted by molar-refractivity contribution is 6.36. The van der Waals surface area contributed by atoms with E-state index in [2.05, 4.69) is 12.2 Å². The zero-order chi connectivity index (χ0) is 12.1. The number of benzene rings is 1. The molecule has 1 rings (SSSR count). The van der Waals surface area contributed by atoms with Crippen molar-refractivity contribution in [3.63, 3.8) is 0 Å². The highest BCUT2D eigenvalue weighted by atomic mass is 35.5. The van der Waals surface area contributed by atoms with Crippen molar-refractivity contribution in [1.82, 2.24) is 0 Å². The molecule has 0 spiro atoms. The fourth-order valence-electron chi connectivity index (χ4n) is 1.19. The van der Waals surface area contributed by atoms with Crippen molar-refractivity contribution < 1.29 is 4.74 Å². The molecule has 0 bridgehead atoms. The number of methoxy groups -OCH3 is 1. The fourth-order valence-corrected chi connectivity index (χ4v) is 1.65. The van der Waals surface area contributed by atoms with Gasteiger partial charge in [-0.15, -0.1) is 0 Å². The number of rotatable bonds is 5. The molecule has 0 aliphatic carbocycles. The Morgan fingerprint density at radius 2 is 2.06 bits per heavy atom. The second kappa shape index (κ2) is 6.18. The van der Waals surface area contributed by atoms with E-state index in [1.54, 1.807) is 19.2 Å². The Morgan fingerprint density at radius 3 is 2.62 bits per heavy atom. The number of hydrogen-bond acceptors (Lipinski definition) is 3. The first-order valence-electron chi connectivity index (χ1n) is 5.05. The third-order valence-corrected chi connectivity index (χ3v) is 2.89. The molecule has 0 aromatic heterocycles. The lowest BCUT2D eigenvalue weighted by Crippen LogP contribution is -2.19. The summed E-state index contributed by atoms with van der Waals surface area (Å²) in [6.45, 7) is 3.46. The van der Waals surface area contributed by atoms with Crippen molar-refractivity contribution in [3.05, 3.63) is 22.2 Å². The zero-order valence-corrected chi connectivity index (χ0v) is 10.9. The standard InChI is InChI=1S/C11H16Cl2N2O/c1-7(5-14)6-15-10-3-9(13)11(16-2)4-8(10)12/h3-4,7,15H,5-6,14H2,1-2H3. The van der Waals surface area contributed by atoms with E-state index in [0.29, 0.717) is 28.3 Å². The Bertz CT molecular complexity index is 358. The van der Waals surface area contributed by atoms with Crippen molar-refractivity contribution >= 4 is 28.9 Å². The van der Waals surface area contributed by atoms with E-state index in [0.717, 1.165) is 12.2 Å². The van der Waals surface area contributed by atoms with Crippen LogP contribution in [0.2, 0.25) is 10.0 Å². The van der Waals surface area contributed by atoms with Crippen LogP contribution in [0.1, 0.15) is 6.92 Å². The van der Waals surface area contributed by atoms with Crippen LogP contribution in [0.15, 0.2) is 12.1 Å². The lowest BCUT2D eigenvalue weighted by Gasteiger charge is -2.14. The van der Waals surface area contributed by atoms with Crippen molar-refractivity contribution in [2.24, 2.45) is 11.7 Å². The molecular formula is C11H16Cl2N2O. The van der Waals surface area contributed by atoms with Gasteiger partial charge in [0, 0.05) is 12.6 Å². The highest BCUT2D eigenvalue weighted by Gasteiger charge is 2.08. The Kier molecular flexibility index (Phi) is 5.19. The van der Waals surface area contributed by atoms with Crippen LogP contribution in [0.3, 0.4) is 0 Å². The van der Waals surface area contributed by atoms with Crippen LogP contribution in [-0.4, -0.2) is 20.2 Å². The average molecular weight is 263 g/mol. The minimum absolute atomic E-state index is 0.386. The van der Waals surface area contributed by atoms with Crippen LogP contribution in [-0.2, 0) is 0 Å². The monoisotopic (exact) mass is 262 g/mol. The minimum Gasteiger partial charge on any atom is -0.495 e. The SMILES string of the molecule is COc1cc(Cl)c(NCC(C)CN)cc1Cl. The summed E-state index contributed by atoms with van der Waals surface area (Å²) in [5.74, 6) is 0.959. The number of nitrogens with one attached hydrogen (secondary N) is 1. The molecule has 16 heavy (non-hydrogen) atoms. The van der Waals surface area contributed by atoms with Gasteiger partial charge in [0.15, 0.2) is 0 Å². The summed E-state index contributed by atoms with van der Waals surface area (Å²) in [6.07, 6.45) is 0. The maximum absolute atomic E-state index is 6.07. The first kappa shape index (κ1) is 13.4. The quantitative estimate of drug-likeness (QED) is 0.858. The molecular weight excluding hydrogens is 247 g/mol. The van der Waals surface area contributed by atoms with Gasteiger partial charge < -0.3 is 15.8 Å². The third kappa shape index (κ3) is 3.44. The van der Waals surface area contributed by atoms with Crippen LogP contribution in [0.5, 0.6) is 5.75 Å². The second-order valence-electron chi connectivity index (χ2n) is 3.69. The van der Waals surface area contributed by atoms with Crippen LogP contribution in [0.25, 0.3) is 0 Å². The zero-order valence-electron chi connectivity index (χ0n) is 9.39. The molecule has 0 aliphatic rings. The predicted molar refractivity (Wildman–Crippen MR) is 69.7 cm³/mol. The molecule has 5 heteroatoms. The van der Waals surface area contributed by atoms with Gasteiger partial charge in [0.05, 0.1) is 22.8 Å². The van der Waals surface area contributed by atoms with Gasteiger partial charge in [0.1, 0.15) is 5.75 Å². The molecule has 1 aromatic carbocycles. The van der Waals surface area contributed by atoms with E-state index in [1.165, 1.54) is 0 Å². The average Bonchev–Trinajstić information content (AvgIpc) is 2.29. The third-order valence-electron chi connectivity index (χ3n) is 2.28. The second-order valence-corrected chi connectivity index (χ2v) is 4.50. The van der Waals surface area contributed by atoms with Gasteiger partial charge in [-0.3, -0.25) is 0 Å². The van der Waals surface area contributed by atoms with Gasteiger partial charge >= 0.3 is 0 Å². The minimum atomic E-state index is 0.386. The summed E-state index contributed by atoms with van der Waals surface area (Å²) in [5, 5.41) is 4.33. The summed E-state index contributed by atoms with van der Waals surface area (Å²) >= 11 is 12.1. The van der Waals surface area contributed by atoms with Crippen LogP contribution < -0.4 is 15.8 Å². The number of anilines is 1. The topological polar surface area (TPSA) is 47.3 Å². The van der Waals surface area contributed by atoms with Gasteiger partial charge in [-0.2, -0.15) is 0 Å². The normalized spacial score (nSPS) is 12.3. The van der Waals surface area contributed by atoms with E-state index < -0.39 is 0 Å². The van der Waals surface area contributed by atoms with E-state index >= 15 is 0 Å². The maximum Gasteiger partial charge on any atom is 0.139 e. The van der Waals surface area contributed by atoms with Gasteiger partial charge in [0.2, 0.25) is 0 Å². The molecule has 0 heterocycles. The van der Waals surface area contributed by atoms with Gasteiger partial charge in [0.25, 0.3) is 0 Å². The van der Waals surface area contributed by atoms with Gasteiger partial charge in [-0.25, -0.2) is 0 Å². The summed E-state index contributed by atoms with van der Waals surface area (Å²) in [7, 11) is 1.56. The summed E-state index contributed by atoms with van der Waals surface area (Å²) in [4.78, 5) is 0. The largest absolute Gasteiger partial charge is 0.495 e. The summed E-state index contributed by atoms with van der Waals surface area (Å²) < 4.78 is 5.06. The smallest absolute Gasteiger partial charge is 0.139 e. The van der Waals surface area contributed by atoms with Gasteiger partial charge in [-0.1, -0.05) is 30.1 Å². The molecule has 0 radical (unpaired) electrons. The Balaban J connectivity index is 2.77. The molecule has 1 atom stereocenters. The van der Waals surface area contributed by atoms with Crippen LogP contribution >= 0.6 is 23.2 Å². The predicted octanol–water partition coefficient (Wildman–Crippen LogP) is 3.01. The number of hydrogen-bond donors (Lipinski definition) is 2. The number of halogens is 2. The first-order chi connectivity index (χ1) is 7.58. The fraction of sp³-hybridized carbons (Fsp3) is 0.455. The molecule has 1 unspecified atom stereocenters. The van der Waals surface area contributed by atoms with E-state index in [4.69, 9.17) is 33.7 Å². The molecule has 90 valence electrons. The molecule has 0 saturated carbocycles. The molecule has 0 fully saturated rings. The van der Waals surface area contributed by atoms with Gasteiger partial charge in [-0.05, 0) is 18.5 Å². The Morgan fingerprint density at radius 1 is 1.38 bits per heavy atom. The lowest BCUT2D eigenvalue weighted by molar-refractivity contribution is 0.415. The highest BCUT2D eigenvalue weighted by Crippen LogP contribution is 2.33. The number of nitrogens with two attached hydrogens (primary N) is 1. The van der Waals surface area contributed by atoms with E-state index in [-0.39, 0.29) is 0 Å². The maximum atomic E-state index is 6.07. The molecule has 3 nitrogen and oxygen atoms in total. The lowest BCUT2D eigenvalue weighted by atomic mass is 10.2. The first-order valence-corrected chi connectivity index (χ1v) is 5.81. The number of ether oxygens (including phenoxy) is 1. The van der Waals surface area contributed by atoms with E-state index in [1.807, 2.05) is 0 Å². The molecule has 3 N–H and O–H groups in total. The van der Waals surface area contributed by atoms with Crippen molar-refractivity contribution in [2.75, 3.05) is 25.5 Å². The van der Waals surface area contributed by atoms with Crippen molar-refractivity contribution in [2.45, 2.75) is 6.92 Å². The molecule has 0 aliphatic heterocycles. The Labute approximate surface area is 106 Å².